The molecule has 0 aromatic heterocycles. The Balaban J connectivity index is 1.88. The number of carboxylic acids is 1. The number of rotatable bonds is 8. The number of fused-ring (bicyclic) bond motifs is 1. The maximum absolute atomic E-state index is 12.9. The fourth-order valence-corrected chi connectivity index (χ4v) is 2.92. The first-order valence-electron chi connectivity index (χ1n) is 9.70. The second kappa shape index (κ2) is 8.86. The molecule has 3 aromatic rings. The third kappa shape index (κ3) is 4.89. The van der Waals surface area contributed by atoms with Gasteiger partial charge in [0, 0.05) is 5.39 Å². The molecule has 0 heterocycles. The van der Waals surface area contributed by atoms with Gasteiger partial charge in [0.25, 0.3) is 5.91 Å². The molecule has 30 heavy (non-hydrogen) atoms. The first kappa shape index (κ1) is 21.2. The monoisotopic (exact) mass is 407 g/mol. The number of para-hydroxylation sites is 1. The van der Waals surface area contributed by atoms with Crippen LogP contribution in [0, 0.1) is 0 Å². The van der Waals surface area contributed by atoms with E-state index in [-0.39, 0.29) is 18.3 Å². The number of nitrogens with one attached hydrogen (secondary N) is 1. The lowest BCUT2D eigenvalue weighted by atomic mass is 10.0. The van der Waals surface area contributed by atoms with Crippen LogP contribution in [0.25, 0.3) is 10.8 Å². The van der Waals surface area contributed by atoms with Crippen LogP contribution in [0.3, 0.4) is 0 Å². The van der Waals surface area contributed by atoms with Gasteiger partial charge in [-0.2, -0.15) is 0 Å². The third-order valence-electron chi connectivity index (χ3n) is 4.63. The predicted octanol–water partition coefficient (Wildman–Crippen LogP) is 4.28. The van der Waals surface area contributed by atoms with Crippen LogP contribution in [0.4, 0.5) is 0 Å². The van der Waals surface area contributed by atoms with Gasteiger partial charge in [0.15, 0.2) is 0 Å². The average Bonchev–Trinajstić information content (AvgIpc) is 2.72. The molecule has 0 fully saturated rings. The maximum Gasteiger partial charge on any atom is 0.328 e. The molecular formula is C24H25NO5. The highest BCUT2D eigenvalue weighted by molar-refractivity contribution is 6.05. The summed E-state index contributed by atoms with van der Waals surface area (Å²) in [6.07, 6.45) is -0.352. The van der Waals surface area contributed by atoms with Crippen molar-refractivity contribution in [3.63, 3.8) is 0 Å². The van der Waals surface area contributed by atoms with Crippen LogP contribution in [0.15, 0.2) is 66.7 Å². The minimum Gasteiger partial charge on any atom is -0.490 e. The molecule has 0 aliphatic heterocycles. The van der Waals surface area contributed by atoms with Gasteiger partial charge in [-0.25, -0.2) is 4.79 Å². The third-order valence-corrected chi connectivity index (χ3v) is 4.63. The molecule has 1 amide bonds. The molecule has 6 heteroatoms. The van der Waals surface area contributed by atoms with Crippen LogP contribution < -0.4 is 14.8 Å². The molecule has 3 aromatic carbocycles. The van der Waals surface area contributed by atoms with E-state index in [1.54, 1.807) is 6.07 Å². The summed E-state index contributed by atoms with van der Waals surface area (Å²) in [5.74, 6) is -0.508. The number of amides is 1. The zero-order valence-electron chi connectivity index (χ0n) is 17.2. The number of carbonyl (C=O) groups excluding carboxylic acids is 1. The minimum atomic E-state index is -1.41. The summed E-state index contributed by atoms with van der Waals surface area (Å²) in [4.78, 5) is 24.3. The lowest BCUT2D eigenvalue weighted by molar-refractivity contribution is -0.143. The Kier molecular flexibility index (Phi) is 6.26. The van der Waals surface area contributed by atoms with E-state index < -0.39 is 17.4 Å². The Hall–Kier alpha value is -3.54. The van der Waals surface area contributed by atoms with Crippen molar-refractivity contribution in [2.75, 3.05) is 6.61 Å². The lowest BCUT2D eigenvalue weighted by Crippen LogP contribution is -2.49. The summed E-state index contributed by atoms with van der Waals surface area (Å²) in [6.45, 7) is 5.01. The van der Waals surface area contributed by atoms with Crippen molar-refractivity contribution in [1.29, 1.82) is 0 Å². The topological polar surface area (TPSA) is 84.9 Å². The predicted molar refractivity (Wildman–Crippen MR) is 115 cm³/mol. The van der Waals surface area contributed by atoms with Crippen LogP contribution in [0.2, 0.25) is 0 Å². The Morgan fingerprint density at radius 1 is 1.00 bits per heavy atom. The van der Waals surface area contributed by atoms with E-state index in [0.717, 1.165) is 16.5 Å². The summed E-state index contributed by atoms with van der Waals surface area (Å²) in [6, 6.07) is 20.4. The molecule has 0 unspecified atom stereocenters. The highest BCUT2D eigenvalue weighted by atomic mass is 16.5. The van der Waals surface area contributed by atoms with Crippen LogP contribution in [0.5, 0.6) is 11.5 Å². The Labute approximate surface area is 175 Å². The summed E-state index contributed by atoms with van der Waals surface area (Å²) >= 11 is 0. The fraction of sp³-hybridized carbons (Fsp3) is 0.250. The second-order valence-electron chi connectivity index (χ2n) is 7.60. The van der Waals surface area contributed by atoms with Gasteiger partial charge in [0.2, 0.25) is 0 Å². The molecule has 3 rings (SSSR count). The standard InChI is InChI=1S/C24H25NO5/c1-16(15-29-18-10-5-4-6-11-18)30-21-19-12-8-7-9-17(19)13-14-20(21)22(26)25-24(2,3)23(27)28/h4-14,16H,15H2,1-3H3,(H,25,26)(H,27,28)/t16-/m0/s1. The van der Waals surface area contributed by atoms with Gasteiger partial charge in [0.05, 0.1) is 5.56 Å². The summed E-state index contributed by atoms with van der Waals surface area (Å²) in [5.41, 5.74) is -1.14. The Morgan fingerprint density at radius 3 is 2.37 bits per heavy atom. The fourth-order valence-electron chi connectivity index (χ4n) is 2.92. The highest BCUT2D eigenvalue weighted by Crippen LogP contribution is 2.31. The number of carbonyl (C=O) groups is 2. The van der Waals surface area contributed by atoms with Gasteiger partial charge in [-0.15, -0.1) is 0 Å². The molecule has 0 spiro atoms. The van der Waals surface area contributed by atoms with Crippen molar-refractivity contribution in [2.45, 2.75) is 32.4 Å². The summed E-state index contributed by atoms with van der Waals surface area (Å²) in [7, 11) is 0. The first-order valence-corrected chi connectivity index (χ1v) is 9.70. The smallest absolute Gasteiger partial charge is 0.328 e. The van der Waals surface area contributed by atoms with E-state index >= 15 is 0 Å². The van der Waals surface area contributed by atoms with Crippen LogP contribution in [0.1, 0.15) is 31.1 Å². The summed E-state index contributed by atoms with van der Waals surface area (Å²) in [5, 5.41) is 13.6. The summed E-state index contributed by atoms with van der Waals surface area (Å²) < 4.78 is 11.9. The number of carboxylic acid groups (broad SMARTS) is 1. The number of aliphatic carboxylic acids is 1. The SMILES string of the molecule is C[C@@H](COc1ccccc1)Oc1c(C(=O)NC(C)(C)C(=O)O)ccc2ccccc12. The number of ether oxygens (including phenoxy) is 2. The molecule has 0 radical (unpaired) electrons. The quantitative estimate of drug-likeness (QED) is 0.582. The van der Waals surface area contributed by atoms with Gasteiger partial charge < -0.3 is 19.9 Å². The van der Waals surface area contributed by atoms with Crippen molar-refractivity contribution >= 4 is 22.6 Å². The van der Waals surface area contributed by atoms with E-state index in [9.17, 15) is 14.7 Å². The van der Waals surface area contributed by atoms with Gasteiger partial charge >= 0.3 is 5.97 Å². The van der Waals surface area contributed by atoms with Crippen molar-refractivity contribution in [3.05, 3.63) is 72.3 Å². The average molecular weight is 407 g/mol. The van der Waals surface area contributed by atoms with Crippen LogP contribution >= 0.6 is 0 Å². The molecule has 156 valence electrons. The van der Waals surface area contributed by atoms with E-state index in [0.29, 0.717) is 5.75 Å². The molecule has 6 nitrogen and oxygen atoms in total. The van der Waals surface area contributed by atoms with Crippen molar-refractivity contribution in [2.24, 2.45) is 0 Å². The number of hydrogen-bond acceptors (Lipinski definition) is 4. The largest absolute Gasteiger partial charge is 0.490 e. The van der Waals surface area contributed by atoms with Crippen molar-refractivity contribution in [1.82, 2.24) is 5.32 Å². The van der Waals surface area contributed by atoms with Gasteiger partial charge in [-0.1, -0.05) is 48.5 Å². The van der Waals surface area contributed by atoms with E-state index in [1.807, 2.05) is 67.6 Å². The normalized spacial score (nSPS) is 12.2. The molecule has 1 atom stereocenters. The van der Waals surface area contributed by atoms with E-state index in [1.165, 1.54) is 13.8 Å². The number of benzene rings is 3. The Morgan fingerprint density at radius 2 is 1.67 bits per heavy atom. The van der Waals surface area contributed by atoms with Crippen LogP contribution in [-0.4, -0.2) is 35.2 Å². The molecule has 0 aliphatic carbocycles. The molecular weight excluding hydrogens is 382 g/mol. The molecule has 0 saturated heterocycles. The minimum absolute atomic E-state index is 0.273. The van der Waals surface area contributed by atoms with Gasteiger partial charge in [-0.05, 0) is 44.4 Å². The zero-order chi connectivity index (χ0) is 21.7. The molecule has 2 N–H and O–H groups in total. The van der Waals surface area contributed by atoms with Crippen LogP contribution in [-0.2, 0) is 4.79 Å². The van der Waals surface area contributed by atoms with Crippen molar-refractivity contribution < 1.29 is 24.2 Å². The molecule has 0 aliphatic rings. The Bertz CT molecular complexity index is 1050. The van der Waals surface area contributed by atoms with Gasteiger partial charge in [0.1, 0.15) is 29.7 Å². The molecule has 0 saturated carbocycles. The first-order chi connectivity index (χ1) is 14.3. The van der Waals surface area contributed by atoms with Gasteiger partial charge in [-0.3, -0.25) is 4.79 Å². The maximum atomic E-state index is 12.9. The van der Waals surface area contributed by atoms with Crippen molar-refractivity contribution in [3.8, 4) is 11.5 Å². The number of hydrogen-bond donors (Lipinski definition) is 2. The van der Waals surface area contributed by atoms with E-state index in [2.05, 4.69) is 5.32 Å². The highest BCUT2D eigenvalue weighted by Gasteiger charge is 2.31. The second-order valence-corrected chi connectivity index (χ2v) is 7.60. The lowest BCUT2D eigenvalue weighted by Gasteiger charge is -2.23. The van der Waals surface area contributed by atoms with E-state index in [4.69, 9.17) is 9.47 Å². The zero-order valence-corrected chi connectivity index (χ0v) is 17.2. The molecule has 0 bridgehead atoms.